The Morgan fingerprint density at radius 3 is 2.68 bits per heavy atom. The highest BCUT2D eigenvalue weighted by Crippen LogP contribution is 2.44. The van der Waals surface area contributed by atoms with Crippen LogP contribution >= 0.6 is 0 Å². The topological polar surface area (TPSA) is 13.1 Å². The lowest BCUT2D eigenvalue weighted by Crippen LogP contribution is -2.00. The van der Waals surface area contributed by atoms with E-state index >= 15 is 0 Å². The van der Waals surface area contributed by atoms with Gasteiger partial charge in [-0.15, -0.1) is 0 Å². The second-order valence-electron chi connectivity index (χ2n) is 5.00. The van der Waals surface area contributed by atoms with Crippen LogP contribution in [0.4, 0.5) is 0 Å². The van der Waals surface area contributed by atoms with Crippen LogP contribution in [-0.4, -0.2) is 0 Å². The number of aryl methyl sites for hydroxylation is 1. The third-order valence-corrected chi connectivity index (χ3v) is 3.78. The summed E-state index contributed by atoms with van der Waals surface area (Å²) in [7, 11) is 0. The zero-order valence-corrected chi connectivity index (χ0v) is 11.6. The number of benzene rings is 1. The summed E-state index contributed by atoms with van der Waals surface area (Å²) >= 11 is 0. The molecular formula is C18H19O. The van der Waals surface area contributed by atoms with Gasteiger partial charge in [0.05, 0.1) is 6.26 Å². The lowest BCUT2D eigenvalue weighted by molar-refractivity contribution is 0.548. The summed E-state index contributed by atoms with van der Waals surface area (Å²) < 4.78 is 5.76. The molecule has 0 amide bonds. The summed E-state index contributed by atoms with van der Waals surface area (Å²) in [6, 6.07) is 10.7. The Kier molecular flexibility index (Phi) is 3.29. The summed E-state index contributed by atoms with van der Waals surface area (Å²) in [4.78, 5) is 0. The minimum atomic E-state index is 1.01. The van der Waals surface area contributed by atoms with Crippen molar-refractivity contribution in [1.29, 1.82) is 0 Å². The number of fused-ring (bicyclic) bond motifs is 1. The highest BCUT2D eigenvalue weighted by atomic mass is 16.3. The van der Waals surface area contributed by atoms with Crippen molar-refractivity contribution in [3.05, 3.63) is 65.0 Å². The summed E-state index contributed by atoms with van der Waals surface area (Å²) in [5.74, 6) is 2.49. The van der Waals surface area contributed by atoms with Crippen LogP contribution in [-0.2, 0) is 6.42 Å². The Labute approximate surface area is 115 Å². The first-order valence-corrected chi connectivity index (χ1v) is 7.09. The smallest absolute Gasteiger partial charge is 0.133 e. The Morgan fingerprint density at radius 1 is 1.05 bits per heavy atom. The second kappa shape index (κ2) is 5.08. The molecule has 2 aromatic rings. The van der Waals surface area contributed by atoms with Gasteiger partial charge in [-0.1, -0.05) is 44.5 Å². The highest BCUT2D eigenvalue weighted by Gasteiger charge is 2.28. The molecule has 1 aromatic heterocycles. The molecule has 0 spiro atoms. The van der Waals surface area contributed by atoms with Gasteiger partial charge in [-0.2, -0.15) is 0 Å². The largest absolute Gasteiger partial charge is 0.464 e. The van der Waals surface area contributed by atoms with Gasteiger partial charge in [0.15, 0.2) is 0 Å². The van der Waals surface area contributed by atoms with E-state index in [1.165, 1.54) is 28.2 Å². The molecule has 0 saturated carbocycles. The Balaban J connectivity index is 2.07. The molecule has 1 heteroatoms. The maximum Gasteiger partial charge on any atom is 0.133 e. The molecule has 1 radical (unpaired) electrons. The van der Waals surface area contributed by atoms with Crippen LogP contribution in [0.1, 0.15) is 49.1 Å². The molecule has 0 aliphatic heterocycles. The predicted molar refractivity (Wildman–Crippen MR) is 79.7 cm³/mol. The van der Waals surface area contributed by atoms with Gasteiger partial charge in [0.2, 0.25) is 0 Å². The number of furan rings is 1. The second-order valence-corrected chi connectivity index (χ2v) is 5.00. The third kappa shape index (κ3) is 2.03. The molecule has 1 aliphatic rings. The molecule has 1 heterocycles. The quantitative estimate of drug-likeness (QED) is 0.735. The van der Waals surface area contributed by atoms with E-state index in [4.69, 9.17) is 4.42 Å². The normalized spacial score (nSPS) is 14.5. The van der Waals surface area contributed by atoms with Crippen LogP contribution in [0.2, 0.25) is 0 Å². The van der Waals surface area contributed by atoms with Crippen LogP contribution in [0.25, 0.3) is 11.6 Å². The third-order valence-electron chi connectivity index (χ3n) is 3.78. The van der Waals surface area contributed by atoms with Crippen molar-refractivity contribution in [2.75, 3.05) is 0 Å². The van der Waals surface area contributed by atoms with Crippen LogP contribution in [0, 0.1) is 5.92 Å². The zero-order valence-electron chi connectivity index (χ0n) is 11.6. The van der Waals surface area contributed by atoms with E-state index in [0.717, 1.165) is 25.0 Å². The molecule has 1 nitrogen and oxygen atoms in total. The number of hydrogen-bond acceptors (Lipinski definition) is 1. The van der Waals surface area contributed by atoms with Crippen molar-refractivity contribution in [2.24, 2.45) is 0 Å². The lowest BCUT2D eigenvalue weighted by Gasteiger charge is -2.14. The van der Waals surface area contributed by atoms with Gasteiger partial charge in [0, 0.05) is 11.5 Å². The van der Waals surface area contributed by atoms with Crippen molar-refractivity contribution in [2.45, 2.75) is 33.1 Å². The maximum atomic E-state index is 5.76. The van der Waals surface area contributed by atoms with Crippen LogP contribution in [0.3, 0.4) is 0 Å². The summed E-state index contributed by atoms with van der Waals surface area (Å²) in [6.07, 6.45) is 7.36. The first kappa shape index (κ1) is 12.3. The van der Waals surface area contributed by atoms with Gasteiger partial charge >= 0.3 is 0 Å². The van der Waals surface area contributed by atoms with Gasteiger partial charge in [-0.25, -0.2) is 0 Å². The molecule has 97 valence electrons. The monoisotopic (exact) mass is 251 g/mol. The van der Waals surface area contributed by atoms with Crippen molar-refractivity contribution < 1.29 is 4.42 Å². The number of allylic oxidation sites excluding steroid dienone is 1. The van der Waals surface area contributed by atoms with Crippen molar-refractivity contribution in [3.8, 4) is 0 Å². The summed E-state index contributed by atoms with van der Waals surface area (Å²) in [5, 5.41) is 0. The number of rotatable bonds is 4. The Hall–Kier alpha value is -1.76. The standard InChI is InChI=1S/C18H19O/c1-3-7-16-15-9-6-5-8-14(15)12-17(16)18-13(4-2)10-11-19-18/h5-6,8-12H,3-4,7H2,1-2H3. The van der Waals surface area contributed by atoms with E-state index in [-0.39, 0.29) is 0 Å². The van der Waals surface area contributed by atoms with E-state index in [2.05, 4.69) is 50.3 Å². The van der Waals surface area contributed by atoms with E-state index in [9.17, 15) is 0 Å². The molecule has 0 bridgehead atoms. The molecule has 0 N–H and O–H groups in total. The van der Waals surface area contributed by atoms with E-state index in [1.54, 1.807) is 0 Å². The summed E-state index contributed by atoms with van der Waals surface area (Å²) in [6.45, 7) is 4.41. The fourth-order valence-corrected chi connectivity index (χ4v) is 2.86. The van der Waals surface area contributed by atoms with Crippen molar-refractivity contribution in [3.63, 3.8) is 0 Å². The SMILES string of the molecule is CCC[C]1C(c2occc2CC)=Cc2ccccc21. The van der Waals surface area contributed by atoms with E-state index in [0.29, 0.717) is 0 Å². The fourth-order valence-electron chi connectivity index (χ4n) is 2.86. The Bertz CT molecular complexity index is 604. The first-order chi connectivity index (χ1) is 9.35. The maximum absolute atomic E-state index is 5.76. The van der Waals surface area contributed by atoms with Crippen LogP contribution < -0.4 is 0 Å². The molecule has 0 unspecified atom stereocenters. The predicted octanol–water partition coefficient (Wildman–Crippen LogP) is 5.12. The molecule has 0 atom stereocenters. The lowest BCUT2D eigenvalue weighted by atomic mass is 9.89. The average molecular weight is 251 g/mol. The molecule has 0 saturated heterocycles. The molecule has 19 heavy (non-hydrogen) atoms. The zero-order chi connectivity index (χ0) is 13.2. The highest BCUT2D eigenvalue weighted by molar-refractivity contribution is 5.97. The van der Waals surface area contributed by atoms with E-state index in [1.807, 2.05) is 6.26 Å². The van der Waals surface area contributed by atoms with Gasteiger partial charge in [-0.05, 0) is 41.7 Å². The minimum Gasteiger partial charge on any atom is -0.464 e. The van der Waals surface area contributed by atoms with Crippen molar-refractivity contribution >= 4 is 11.6 Å². The van der Waals surface area contributed by atoms with Crippen molar-refractivity contribution in [1.82, 2.24) is 0 Å². The molecule has 1 aromatic carbocycles. The molecular weight excluding hydrogens is 232 g/mol. The van der Waals surface area contributed by atoms with Crippen LogP contribution in [0.5, 0.6) is 0 Å². The first-order valence-electron chi connectivity index (χ1n) is 7.09. The molecule has 3 rings (SSSR count). The summed E-state index contributed by atoms with van der Waals surface area (Å²) in [5.41, 5.74) is 5.27. The van der Waals surface area contributed by atoms with E-state index < -0.39 is 0 Å². The fraction of sp³-hybridized carbons (Fsp3) is 0.278. The van der Waals surface area contributed by atoms with Gasteiger partial charge < -0.3 is 4.42 Å². The molecule has 1 aliphatic carbocycles. The molecule has 0 fully saturated rings. The van der Waals surface area contributed by atoms with Gasteiger partial charge in [0.25, 0.3) is 0 Å². The van der Waals surface area contributed by atoms with Gasteiger partial charge in [0.1, 0.15) is 5.76 Å². The number of hydrogen-bond donors (Lipinski definition) is 0. The minimum absolute atomic E-state index is 1.01. The average Bonchev–Trinajstić information content (AvgIpc) is 3.03. The Morgan fingerprint density at radius 2 is 1.89 bits per heavy atom. The van der Waals surface area contributed by atoms with Crippen LogP contribution in [0.15, 0.2) is 41.0 Å². The van der Waals surface area contributed by atoms with Gasteiger partial charge in [-0.3, -0.25) is 0 Å².